The summed E-state index contributed by atoms with van der Waals surface area (Å²) in [4.78, 5) is 24.9. The van der Waals surface area contributed by atoms with Crippen molar-refractivity contribution in [3.05, 3.63) is 0 Å². The largest absolute Gasteiger partial charge is 0.453 e. The number of nitrogens with one attached hydrogen (secondary N) is 1. The van der Waals surface area contributed by atoms with Crippen molar-refractivity contribution in [2.75, 3.05) is 20.2 Å². The van der Waals surface area contributed by atoms with Gasteiger partial charge in [-0.15, -0.1) is 0 Å². The Morgan fingerprint density at radius 1 is 1.33 bits per heavy atom. The van der Waals surface area contributed by atoms with Crippen LogP contribution in [0.3, 0.4) is 0 Å². The second-order valence-electron chi connectivity index (χ2n) is 4.88. The van der Waals surface area contributed by atoms with Crippen LogP contribution in [0.4, 0.5) is 4.79 Å². The van der Waals surface area contributed by atoms with Crippen LogP contribution in [0.15, 0.2) is 0 Å². The minimum absolute atomic E-state index is 0.0123. The summed E-state index contributed by atoms with van der Waals surface area (Å²) in [7, 11) is 1.36. The van der Waals surface area contributed by atoms with Gasteiger partial charge in [-0.25, -0.2) is 4.79 Å². The van der Waals surface area contributed by atoms with E-state index in [0.717, 1.165) is 25.8 Å². The van der Waals surface area contributed by atoms with Gasteiger partial charge in [0.2, 0.25) is 5.91 Å². The summed E-state index contributed by atoms with van der Waals surface area (Å²) in [5, 5.41) is 2.81. The first-order valence-electron chi connectivity index (χ1n) is 6.72. The monoisotopic (exact) mass is 256 g/mol. The van der Waals surface area contributed by atoms with Crippen LogP contribution >= 0.6 is 0 Å². The summed E-state index contributed by atoms with van der Waals surface area (Å²) in [6.07, 6.45) is 3.22. The number of amides is 2. The molecule has 1 N–H and O–H groups in total. The first-order chi connectivity index (χ1) is 8.60. The Kier molecular flexibility index (Phi) is 5.95. The fourth-order valence-electron chi connectivity index (χ4n) is 2.58. The molecule has 104 valence electrons. The summed E-state index contributed by atoms with van der Waals surface area (Å²) >= 11 is 0. The molecule has 0 aliphatic carbocycles. The van der Waals surface area contributed by atoms with Crippen molar-refractivity contribution in [1.82, 2.24) is 10.2 Å². The molecule has 0 saturated carbocycles. The highest BCUT2D eigenvalue weighted by Crippen LogP contribution is 2.22. The SMILES string of the molecule is CCCC1CC(NC(=O)OC)CN(C(=O)CC)C1. The highest BCUT2D eigenvalue weighted by atomic mass is 16.5. The standard InChI is InChI=1S/C13H24N2O3/c1-4-6-10-7-11(14-13(17)18-3)9-15(8-10)12(16)5-2/h10-11H,4-9H2,1-3H3,(H,14,17). The number of alkyl carbamates (subject to hydrolysis) is 1. The third kappa shape index (κ3) is 4.20. The van der Waals surface area contributed by atoms with Crippen molar-refractivity contribution in [3.8, 4) is 0 Å². The van der Waals surface area contributed by atoms with Crippen molar-refractivity contribution in [3.63, 3.8) is 0 Å². The van der Waals surface area contributed by atoms with Gasteiger partial charge in [-0.05, 0) is 18.8 Å². The van der Waals surface area contributed by atoms with Crippen LogP contribution < -0.4 is 5.32 Å². The summed E-state index contributed by atoms with van der Waals surface area (Å²) in [6, 6.07) is 0.0123. The molecule has 2 amide bonds. The molecule has 0 spiro atoms. The molecule has 1 heterocycles. The molecule has 0 radical (unpaired) electrons. The van der Waals surface area contributed by atoms with E-state index in [1.807, 2.05) is 11.8 Å². The predicted molar refractivity (Wildman–Crippen MR) is 69.2 cm³/mol. The van der Waals surface area contributed by atoms with Crippen molar-refractivity contribution in [2.24, 2.45) is 5.92 Å². The summed E-state index contributed by atoms with van der Waals surface area (Å²) in [5.74, 6) is 0.633. The van der Waals surface area contributed by atoms with E-state index < -0.39 is 6.09 Å². The van der Waals surface area contributed by atoms with Crippen LogP contribution in [0.1, 0.15) is 39.5 Å². The first kappa shape index (κ1) is 14.8. The molecule has 1 aliphatic heterocycles. The number of carbonyl (C=O) groups is 2. The maximum absolute atomic E-state index is 11.8. The number of hydrogen-bond donors (Lipinski definition) is 1. The molecule has 18 heavy (non-hydrogen) atoms. The van der Waals surface area contributed by atoms with E-state index in [1.54, 1.807) is 0 Å². The molecular formula is C13H24N2O3. The Morgan fingerprint density at radius 2 is 2.06 bits per heavy atom. The minimum Gasteiger partial charge on any atom is -0.453 e. The molecule has 1 fully saturated rings. The average molecular weight is 256 g/mol. The summed E-state index contributed by atoms with van der Waals surface area (Å²) in [5.41, 5.74) is 0. The molecule has 2 atom stereocenters. The predicted octanol–water partition coefficient (Wildman–Crippen LogP) is 1.77. The third-order valence-electron chi connectivity index (χ3n) is 3.40. The van der Waals surface area contributed by atoms with Gasteiger partial charge in [0.15, 0.2) is 0 Å². The van der Waals surface area contributed by atoms with Crippen molar-refractivity contribution in [1.29, 1.82) is 0 Å². The number of ether oxygens (including phenoxy) is 1. The Morgan fingerprint density at radius 3 is 2.61 bits per heavy atom. The van der Waals surface area contributed by atoms with Gasteiger partial charge in [-0.1, -0.05) is 20.3 Å². The van der Waals surface area contributed by atoms with Crippen LogP contribution in [0.5, 0.6) is 0 Å². The Balaban J connectivity index is 2.61. The molecular weight excluding hydrogens is 232 g/mol. The molecule has 5 heteroatoms. The Labute approximate surface area is 109 Å². The molecule has 0 bridgehead atoms. The molecule has 0 aromatic heterocycles. The van der Waals surface area contributed by atoms with Gasteiger partial charge >= 0.3 is 6.09 Å². The number of hydrogen-bond acceptors (Lipinski definition) is 3. The van der Waals surface area contributed by atoms with Gasteiger partial charge in [0.25, 0.3) is 0 Å². The van der Waals surface area contributed by atoms with Gasteiger partial charge in [-0.3, -0.25) is 4.79 Å². The van der Waals surface area contributed by atoms with E-state index in [1.165, 1.54) is 7.11 Å². The zero-order valence-electron chi connectivity index (χ0n) is 11.6. The normalized spacial score (nSPS) is 23.6. The number of carbonyl (C=O) groups excluding carboxylic acids is 2. The van der Waals surface area contributed by atoms with Gasteiger partial charge in [-0.2, -0.15) is 0 Å². The molecule has 5 nitrogen and oxygen atoms in total. The maximum atomic E-state index is 11.8. The average Bonchev–Trinajstić information content (AvgIpc) is 2.37. The lowest BCUT2D eigenvalue weighted by Gasteiger charge is -2.37. The lowest BCUT2D eigenvalue weighted by Crippen LogP contribution is -2.52. The zero-order chi connectivity index (χ0) is 13.5. The maximum Gasteiger partial charge on any atom is 0.407 e. The highest BCUT2D eigenvalue weighted by Gasteiger charge is 2.29. The van der Waals surface area contributed by atoms with Gasteiger partial charge in [0.1, 0.15) is 0 Å². The highest BCUT2D eigenvalue weighted by molar-refractivity contribution is 5.76. The van der Waals surface area contributed by atoms with Gasteiger partial charge < -0.3 is 15.0 Å². The number of methoxy groups -OCH3 is 1. The van der Waals surface area contributed by atoms with E-state index in [9.17, 15) is 9.59 Å². The van der Waals surface area contributed by atoms with E-state index in [4.69, 9.17) is 0 Å². The number of rotatable bonds is 4. The topological polar surface area (TPSA) is 58.6 Å². The first-order valence-corrected chi connectivity index (χ1v) is 6.72. The smallest absolute Gasteiger partial charge is 0.407 e. The number of piperidine rings is 1. The van der Waals surface area contributed by atoms with Crippen LogP contribution in [0, 0.1) is 5.92 Å². The van der Waals surface area contributed by atoms with Crippen molar-refractivity contribution >= 4 is 12.0 Å². The molecule has 0 aromatic rings. The lowest BCUT2D eigenvalue weighted by atomic mass is 9.90. The lowest BCUT2D eigenvalue weighted by molar-refractivity contribution is -0.133. The van der Waals surface area contributed by atoms with Gasteiger partial charge in [0.05, 0.1) is 13.2 Å². The van der Waals surface area contributed by atoms with Crippen LogP contribution in [0.2, 0.25) is 0 Å². The zero-order valence-corrected chi connectivity index (χ0v) is 11.6. The van der Waals surface area contributed by atoms with E-state index in [2.05, 4.69) is 17.0 Å². The van der Waals surface area contributed by atoms with E-state index in [-0.39, 0.29) is 11.9 Å². The molecule has 1 saturated heterocycles. The Bertz CT molecular complexity index is 294. The Hall–Kier alpha value is -1.26. The number of likely N-dealkylation sites (tertiary alicyclic amines) is 1. The van der Waals surface area contributed by atoms with Crippen molar-refractivity contribution < 1.29 is 14.3 Å². The van der Waals surface area contributed by atoms with E-state index in [0.29, 0.717) is 18.9 Å². The fraction of sp³-hybridized carbons (Fsp3) is 0.846. The van der Waals surface area contributed by atoms with E-state index >= 15 is 0 Å². The molecule has 1 aliphatic rings. The summed E-state index contributed by atoms with van der Waals surface area (Å²) in [6.45, 7) is 5.43. The second-order valence-corrected chi connectivity index (χ2v) is 4.88. The second kappa shape index (κ2) is 7.24. The number of nitrogens with zero attached hydrogens (tertiary/aromatic N) is 1. The third-order valence-corrected chi connectivity index (χ3v) is 3.40. The fourth-order valence-corrected chi connectivity index (χ4v) is 2.58. The van der Waals surface area contributed by atoms with Crippen LogP contribution in [-0.4, -0.2) is 43.1 Å². The quantitative estimate of drug-likeness (QED) is 0.834. The van der Waals surface area contributed by atoms with Gasteiger partial charge in [0, 0.05) is 19.5 Å². The molecule has 0 aromatic carbocycles. The summed E-state index contributed by atoms with van der Waals surface area (Å²) < 4.78 is 4.62. The van der Waals surface area contributed by atoms with Crippen molar-refractivity contribution in [2.45, 2.75) is 45.6 Å². The van der Waals surface area contributed by atoms with Crippen LogP contribution in [-0.2, 0) is 9.53 Å². The minimum atomic E-state index is -0.416. The molecule has 1 rings (SSSR count). The van der Waals surface area contributed by atoms with Crippen LogP contribution in [0.25, 0.3) is 0 Å². The molecule has 2 unspecified atom stereocenters.